The molecule has 0 aromatic heterocycles. The number of hydrogen-bond acceptors (Lipinski definition) is 2. The Kier molecular flexibility index (Phi) is 5.21. The van der Waals surface area contributed by atoms with Crippen LogP contribution in [0.3, 0.4) is 0 Å². The van der Waals surface area contributed by atoms with Crippen molar-refractivity contribution in [1.29, 1.82) is 0 Å². The summed E-state index contributed by atoms with van der Waals surface area (Å²) < 4.78 is 5.99. The minimum atomic E-state index is -0.538. The van der Waals surface area contributed by atoms with E-state index in [9.17, 15) is 4.79 Å². The first-order chi connectivity index (χ1) is 9.95. The maximum absolute atomic E-state index is 12.9. The van der Waals surface area contributed by atoms with Crippen LogP contribution in [0.1, 0.15) is 56.2 Å². The average Bonchev–Trinajstić information content (AvgIpc) is 2.37. The van der Waals surface area contributed by atoms with Crippen LogP contribution in [0.25, 0.3) is 0 Å². The minimum Gasteiger partial charge on any atom is -0.367 e. The molecule has 21 heavy (non-hydrogen) atoms. The van der Waals surface area contributed by atoms with Crippen LogP contribution in [0.4, 0.5) is 0 Å². The summed E-state index contributed by atoms with van der Waals surface area (Å²) >= 11 is 0. The highest BCUT2D eigenvalue weighted by Crippen LogP contribution is 2.36. The van der Waals surface area contributed by atoms with E-state index in [4.69, 9.17) is 4.74 Å². The average molecular weight is 288 g/mol. The molecule has 1 aromatic rings. The van der Waals surface area contributed by atoms with E-state index in [0.29, 0.717) is 18.9 Å². The molecule has 0 radical (unpaired) electrons. The van der Waals surface area contributed by atoms with Gasteiger partial charge in [0.1, 0.15) is 5.60 Å². The summed E-state index contributed by atoms with van der Waals surface area (Å²) in [5.41, 5.74) is 3.03. The van der Waals surface area contributed by atoms with Crippen molar-refractivity contribution in [2.45, 2.75) is 65.4 Å². The van der Waals surface area contributed by atoms with Gasteiger partial charge in [-0.15, -0.1) is 0 Å². The van der Waals surface area contributed by atoms with E-state index in [1.165, 1.54) is 17.5 Å². The Morgan fingerprint density at radius 1 is 1.29 bits per heavy atom. The fraction of sp³-hybridized carbons (Fsp3) is 0.632. The number of ether oxygens (including phenoxy) is 1. The third kappa shape index (κ3) is 3.94. The van der Waals surface area contributed by atoms with Crippen LogP contribution in [-0.4, -0.2) is 18.0 Å². The van der Waals surface area contributed by atoms with Crippen molar-refractivity contribution in [3.8, 4) is 0 Å². The smallest absolute Gasteiger partial charge is 0.168 e. The molecule has 1 aliphatic carbocycles. The second-order valence-corrected chi connectivity index (χ2v) is 6.72. The highest BCUT2D eigenvalue weighted by atomic mass is 16.5. The number of hydrogen-bond donors (Lipinski definition) is 0. The van der Waals surface area contributed by atoms with E-state index < -0.39 is 5.60 Å². The molecule has 1 aromatic carbocycles. The lowest BCUT2D eigenvalue weighted by Crippen LogP contribution is -2.46. The zero-order chi connectivity index (χ0) is 15.5. The molecule has 1 aliphatic rings. The van der Waals surface area contributed by atoms with E-state index in [1.807, 2.05) is 6.92 Å². The monoisotopic (exact) mass is 288 g/mol. The number of aryl methyl sites for hydroxylation is 2. The second-order valence-electron chi connectivity index (χ2n) is 6.72. The lowest BCUT2D eigenvalue weighted by Gasteiger charge is -2.38. The fourth-order valence-electron chi connectivity index (χ4n) is 3.76. The number of rotatable bonds is 5. The van der Waals surface area contributed by atoms with Crippen molar-refractivity contribution < 1.29 is 9.53 Å². The Morgan fingerprint density at radius 2 is 1.95 bits per heavy atom. The molecule has 0 heterocycles. The van der Waals surface area contributed by atoms with Crippen LogP contribution >= 0.6 is 0 Å². The quantitative estimate of drug-likeness (QED) is 0.802. The van der Waals surface area contributed by atoms with E-state index in [2.05, 4.69) is 39.0 Å². The van der Waals surface area contributed by atoms with Crippen LogP contribution in [-0.2, 0) is 16.0 Å². The Balaban J connectivity index is 2.18. The van der Waals surface area contributed by atoms with E-state index >= 15 is 0 Å². The first kappa shape index (κ1) is 16.2. The van der Waals surface area contributed by atoms with Gasteiger partial charge in [0.2, 0.25) is 0 Å². The zero-order valence-corrected chi connectivity index (χ0v) is 13.9. The molecular weight excluding hydrogens is 260 g/mol. The van der Waals surface area contributed by atoms with Crippen LogP contribution in [0.5, 0.6) is 0 Å². The Bertz CT molecular complexity index is 482. The SMILES string of the molecule is CCOC1(C(=O)Cc2cc(C)cc(C)c2)CCCC(C)C1. The van der Waals surface area contributed by atoms with Crippen LogP contribution in [0.15, 0.2) is 18.2 Å². The van der Waals surface area contributed by atoms with E-state index in [0.717, 1.165) is 24.8 Å². The third-order valence-corrected chi connectivity index (χ3v) is 4.53. The van der Waals surface area contributed by atoms with Crippen molar-refractivity contribution in [3.05, 3.63) is 34.9 Å². The van der Waals surface area contributed by atoms with Gasteiger partial charge >= 0.3 is 0 Å². The summed E-state index contributed by atoms with van der Waals surface area (Å²) in [6.07, 6.45) is 4.57. The lowest BCUT2D eigenvalue weighted by atomic mass is 9.75. The predicted octanol–water partition coefficient (Wildman–Crippen LogP) is 4.40. The van der Waals surface area contributed by atoms with Gasteiger partial charge in [-0.3, -0.25) is 4.79 Å². The normalized spacial score (nSPS) is 25.8. The summed E-state index contributed by atoms with van der Waals surface area (Å²) in [5, 5.41) is 0. The first-order valence-corrected chi connectivity index (χ1v) is 8.19. The van der Waals surface area contributed by atoms with Gasteiger partial charge in [-0.05, 0) is 51.5 Å². The summed E-state index contributed by atoms with van der Waals surface area (Å²) in [5.74, 6) is 0.842. The van der Waals surface area contributed by atoms with Gasteiger partial charge in [0, 0.05) is 13.0 Å². The Morgan fingerprint density at radius 3 is 2.52 bits per heavy atom. The number of carbonyl (C=O) groups excluding carboxylic acids is 1. The molecule has 2 heteroatoms. The summed E-state index contributed by atoms with van der Waals surface area (Å²) in [6, 6.07) is 6.39. The van der Waals surface area contributed by atoms with Crippen molar-refractivity contribution in [1.82, 2.24) is 0 Å². The highest BCUT2D eigenvalue weighted by Gasteiger charge is 2.41. The van der Waals surface area contributed by atoms with Crippen LogP contribution in [0.2, 0.25) is 0 Å². The molecule has 0 saturated heterocycles. The topological polar surface area (TPSA) is 26.3 Å². The Labute approximate surface area is 128 Å². The number of Topliss-reactive ketones (excluding diaryl/α,β-unsaturated/α-hetero) is 1. The number of ketones is 1. The molecule has 0 spiro atoms. The Hall–Kier alpha value is -1.15. The molecule has 2 atom stereocenters. The predicted molar refractivity (Wildman–Crippen MR) is 86.6 cm³/mol. The van der Waals surface area contributed by atoms with Gasteiger partial charge in [0.15, 0.2) is 5.78 Å². The van der Waals surface area contributed by atoms with Gasteiger partial charge < -0.3 is 4.74 Å². The lowest BCUT2D eigenvalue weighted by molar-refractivity contribution is -0.150. The standard InChI is InChI=1S/C19H28O2/c1-5-21-19(8-6-7-14(2)13-19)18(20)12-17-10-15(3)9-16(4)11-17/h9-11,14H,5-8,12-13H2,1-4H3. The molecule has 1 saturated carbocycles. The molecule has 2 nitrogen and oxygen atoms in total. The van der Waals surface area contributed by atoms with Gasteiger partial charge in [-0.25, -0.2) is 0 Å². The molecular formula is C19H28O2. The van der Waals surface area contributed by atoms with Gasteiger partial charge in [-0.2, -0.15) is 0 Å². The van der Waals surface area contributed by atoms with Crippen molar-refractivity contribution in [2.75, 3.05) is 6.61 Å². The maximum atomic E-state index is 12.9. The molecule has 0 amide bonds. The minimum absolute atomic E-state index is 0.265. The second kappa shape index (κ2) is 6.74. The first-order valence-electron chi connectivity index (χ1n) is 8.19. The number of carbonyl (C=O) groups is 1. The largest absolute Gasteiger partial charge is 0.367 e. The van der Waals surface area contributed by atoms with Crippen LogP contribution < -0.4 is 0 Å². The molecule has 1 fully saturated rings. The zero-order valence-electron chi connectivity index (χ0n) is 13.9. The molecule has 2 unspecified atom stereocenters. The molecule has 2 rings (SSSR count). The summed E-state index contributed by atoms with van der Waals surface area (Å²) in [7, 11) is 0. The van der Waals surface area contributed by atoms with Gasteiger partial charge in [0.25, 0.3) is 0 Å². The van der Waals surface area contributed by atoms with Crippen molar-refractivity contribution in [2.24, 2.45) is 5.92 Å². The number of benzene rings is 1. The van der Waals surface area contributed by atoms with Crippen LogP contribution in [0, 0.1) is 19.8 Å². The molecule has 116 valence electrons. The van der Waals surface area contributed by atoms with Gasteiger partial charge in [-0.1, -0.05) is 42.7 Å². The maximum Gasteiger partial charge on any atom is 0.168 e. The van der Waals surface area contributed by atoms with Crippen molar-refractivity contribution in [3.63, 3.8) is 0 Å². The molecule has 0 bridgehead atoms. The summed E-state index contributed by atoms with van der Waals surface area (Å²) in [6.45, 7) is 9.01. The van der Waals surface area contributed by atoms with E-state index in [-0.39, 0.29) is 5.78 Å². The highest BCUT2D eigenvalue weighted by molar-refractivity contribution is 5.89. The van der Waals surface area contributed by atoms with E-state index in [1.54, 1.807) is 0 Å². The third-order valence-electron chi connectivity index (χ3n) is 4.53. The summed E-state index contributed by atoms with van der Waals surface area (Å²) in [4.78, 5) is 12.9. The van der Waals surface area contributed by atoms with Crippen molar-refractivity contribution >= 4 is 5.78 Å². The fourth-order valence-corrected chi connectivity index (χ4v) is 3.76. The molecule has 0 aliphatic heterocycles. The van der Waals surface area contributed by atoms with Gasteiger partial charge in [0.05, 0.1) is 0 Å². The molecule has 0 N–H and O–H groups in total.